The zero-order valence-electron chi connectivity index (χ0n) is 18.3. The summed E-state index contributed by atoms with van der Waals surface area (Å²) in [5.74, 6) is 2.98. The molecule has 0 radical (unpaired) electrons. The van der Waals surface area contributed by atoms with Gasteiger partial charge in [-0.1, -0.05) is 43.7 Å². The number of aliphatic hydroxyl groups excluding tert-OH is 1. The van der Waals surface area contributed by atoms with Crippen molar-refractivity contribution in [3.63, 3.8) is 0 Å². The Balaban J connectivity index is 1.32. The van der Waals surface area contributed by atoms with E-state index >= 15 is 0 Å². The van der Waals surface area contributed by atoms with Crippen molar-refractivity contribution in [2.24, 2.45) is 39.3 Å². The smallest absolute Gasteiger partial charge is 0.126 e. The summed E-state index contributed by atoms with van der Waals surface area (Å²) in [5.41, 5.74) is 13.6. The third-order valence-corrected chi connectivity index (χ3v) is 9.77. The van der Waals surface area contributed by atoms with Crippen molar-refractivity contribution in [1.29, 1.82) is 0 Å². The summed E-state index contributed by atoms with van der Waals surface area (Å²) in [5, 5.41) is 10.2. The van der Waals surface area contributed by atoms with Gasteiger partial charge in [0.2, 0.25) is 0 Å². The topological polar surface area (TPSA) is 58.6 Å². The van der Waals surface area contributed by atoms with Crippen LogP contribution in [0.4, 0.5) is 0 Å². The first-order valence-corrected chi connectivity index (χ1v) is 11.9. The quantitative estimate of drug-likeness (QED) is 0.633. The number of allylic oxidation sites excluding steroid dienone is 3. The lowest BCUT2D eigenvalue weighted by atomic mass is 9.47. The molecule has 1 aliphatic heterocycles. The van der Waals surface area contributed by atoms with Crippen LogP contribution in [0.15, 0.2) is 40.9 Å². The molecule has 0 bridgehead atoms. The maximum absolute atomic E-state index is 10.2. The Bertz CT molecular complexity index is 1000. The monoisotopic (exact) mass is 402 g/mol. The summed E-state index contributed by atoms with van der Waals surface area (Å²) >= 11 is 0. The van der Waals surface area contributed by atoms with Gasteiger partial charge >= 0.3 is 0 Å². The number of fused-ring (bicyclic) bond motifs is 6. The number of rotatable bonds is 1. The van der Waals surface area contributed by atoms with Crippen LogP contribution >= 0.6 is 0 Å². The minimum Gasteiger partial charge on any atom is -0.393 e. The lowest BCUT2D eigenvalue weighted by Crippen LogP contribution is -2.49. The molecule has 0 amide bonds. The van der Waals surface area contributed by atoms with Gasteiger partial charge < -0.3 is 10.8 Å². The number of aliphatic imine (C=N–C) groups is 1. The minimum absolute atomic E-state index is 0.118. The van der Waals surface area contributed by atoms with Gasteiger partial charge in [0, 0.05) is 5.56 Å². The van der Waals surface area contributed by atoms with Crippen LogP contribution in [-0.4, -0.2) is 17.0 Å². The number of hydrogen-bond acceptors (Lipinski definition) is 3. The van der Waals surface area contributed by atoms with Gasteiger partial charge in [0.05, 0.1) is 12.6 Å². The van der Waals surface area contributed by atoms with Crippen molar-refractivity contribution < 1.29 is 5.11 Å². The molecule has 1 aromatic carbocycles. The second-order valence-electron chi connectivity index (χ2n) is 11.0. The third kappa shape index (κ3) is 2.45. The van der Waals surface area contributed by atoms with Gasteiger partial charge in [-0.05, 0) is 96.3 Å². The van der Waals surface area contributed by atoms with Crippen LogP contribution in [0.1, 0.15) is 75.5 Å². The van der Waals surface area contributed by atoms with Crippen molar-refractivity contribution in [2.75, 3.05) is 0 Å². The molecule has 3 nitrogen and oxygen atoms in total. The number of benzene rings is 1. The molecule has 4 aliphatic carbocycles. The average molecular weight is 403 g/mol. The SMILES string of the molecule is C[C@]12CC[C@H](O)CC1=CC[C@@H]1[C@@H]2CC[C@]2(C)C(c3ccc4c(c3)CN=C4N)=CC[C@@H]12. The highest BCUT2D eigenvalue weighted by atomic mass is 16.3. The van der Waals surface area contributed by atoms with Crippen molar-refractivity contribution in [2.45, 2.75) is 71.4 Å². The van der Waals surface area contributed by atoms with Gasteiger partial charge in [0.1, 0.15) is 5.84 Å². The Hall–Kier alpha value is -1.87. The fraction of sp³-hybridized carbons (Fsp3) is 0.593. The van der Waals surface area contributed by atoms with Gasteiger partial charge in [-0.15, -0.1) is 0 Å². The number of nitrogens with zero attached hydrogens (tertiary/aromatic N) is 1. The van der Waals surface area contributed by atoms with Gasteiger partial charge in [0.25, 0.3) is 0 Å². The van der Waals surface area contributed by atoms with Gasteiger partial charge in [0.15, 0.2) is 0 Å². The van der Waals surface area contributed by atoms with E-state index in [0.29, 0.717) is 11.3 Å². The fourth-order valence-electron chi connectivity index (χ4n) is 8.05. The number of aliphatic hydroxyl groups is 1. The van der Waals surface area contributed by atoms with E-state index in [1.54, 1.807) is 11.1 Å². The first-order valence-electron chi connectivity index (χ1n) is 11.9. The highest BCUT2D eigenvalue weighted by Gasteiger charge is 2.56. The standard InChI is InChI=1S/C27H34N2O/c1-26-11-9-19(30)14-18(26)4-6-21-23-8-7-22(27(23,2)12-10-24(21)26)16-3-5-20-17(13-16)15-29-25(20)28/h3-5,7,13,19,21,23-24,30H,6,8-12,14-15H2,1-2H3,(H2,28,29)/t19-,21-,23-,24-,26-,27+/m0/s1. The predicted molar refractivity (Wildman–Crippen MR) is 122 cm³/mol. The Kier molecular flexibility index (Phi) is 3.98. The summed E-state index contributed by atoms with van der Waals surface area (Å²) in [6, 6.07) is 6.82. The molecule has 2 saturated carbocycles. The molecule has 1 heterocycles. The lowest BCUT2D eigenvalue weighted by Gasteiger charge is -2.57. The molecular weight excluding hydrogens is 368 g/mol. The van der Waals surface area contributed by atoms with Crippen LogP contribution in [0.25, 0.3) is 5.57 Å². The molecule has 0 unspecified atom stereocenters. The van der Waals surface area contributed by atoms with Crippen molar-refractivity contribution in [1.82, 2.24) is 0 Å². The summed E-state index contributed by atoms with van der Waals surface area (Å²) in [7, 11) is 0. The minimum atomic E-state index is -0.118. The van der Waals surface area contributed by atoms with Gasteiger partial charge in [-0.2, -0.15) is 0 Å². The highest BCUT2D eigenvalue weighted by Crippen LogP contribution is 2.66. The Labute approximate surface area is 180 Å². The molecule has 0 aromatic heterocycles. The molecule has 3 heteroatoms. The third-order valence-electron chi connectivity index (χ3n) is 9.77. The molecule has 5 aliphatic rings. The molecular formula is C27H34N2O. The molecule has 0 saturated heterocycles. The number of nitrogens with two attached hydrogens (primary N) is 1. The van der Waals surface area contributed by atoms with Crippen LogP contribution in [0.2, 0.25) is 0 Å². The predicted octanol–water partition coefficient (Wildman–Crippen LogP) is 5.22. The average Bonchev–Trinajstić information content (AvgIpc) is 3.28. The van der Waals surface area contributed by atoms with Crippen molar-refractivity contribution in [3.8, 4) is 0 Å². The molecule has 1 aromatic rings. The Morgan fingerprint density at radius 1 is 1.03 bits per heavy atom. The number of amidine groups is 1. The highest BCUT2D eigenvalue weighted by molar-refractivity contribution is 6.01. The normalized spacial score (nSPS) is 41.8. The van der Waals surface area contributed by atoms with Crippen LogP contribution in [0.3, 0.4) is 0 Å². The second kappa shape index (κ2) is 6.32. The summed E-state index contributed by atoms with van der Waals surface area (Å²) in [4.78, 5) is 4.43. The lowest BCUT2D eigenvalue weighted by molar-refractivity contribution is -0.0238. The zero-order valence-corrected chi connectivity index (χ0v) is 18.3. The fourth-order valence-corrected chi connectivity index (χ4v) is 8.05. The summed E-state index contributed by atoms with van der Waals surface area (Å²) in [6.07, 6.45) is 13.0. The molecule has 6 atom stereocenters. The van der Waals surface area contributed by atoms with E-state index in [1.807, 2.05) is 0 Å². The zero-order chi connectivity index (χ0) is 20.7. The van der Waals surface area contributed by atoms with E-state index in [2.05, 4.69) is 49.2 Å². The Morgan fingerprint density at radius 3 is 2.73 bits per heavy atom. The molecule has 158 valence electrons. The first kappa shape index (κ1) is 18.9. The maximum Gasteiger partial charge on any atom is 0.126 e. The molecule has 3 N–H and O–H groups in total. The van der Waals surface area contributed by atoms with E-state index < -0.39 is 0 Å². The van der Waals surface area contributed by atoms with E-state index in [9.17, 15) is 5.11 Å². The van der Waals surface area contributed by atoms with E-state index in [4.69, 9.17) is 5.73 Å². The van der Waals surface area contributed by atoms with Crippen LogP contribution < -0.4 is 5.73 Å². The largest absolute Gasteiger partial charge is 0.393 e. The number of hydrogen-bond donors (Lipinski definition) is 2. The Morgan fingerprint density at radius 2 is 1.87 bits per heavy atom. The molecule has 6 rings (SSSR count). The van der Waals surface area contributed by atoms with Crippen LogP contribution in [0.5, 0.6) is 0 Å². The van der Waals surface area contributed by atoms with Crippen LogP contribution in [0, 0.1) is 28.6 Å². The van der Waals surface area contributed by atoms with E-state index in [1.165, 1.54) is 36.8 Å². The summed E-state index contributed by atoms with van der Waals surface area (Å²) in [6.45, 7) is 5.78. The van der Waals surface area contributed by atoms with Gasteiger partial charge in [-0.3, -0.25) is 4.99 Å². The van der Waals surface area contributed by atoms with Crippen molar-refractivity contribution in [3.05, 3.63) is 52.6 Å². The molecule has 30 heavy (non-hydrogen) atoms. The van der Waals surface area contributed by atoms with Crippen LogP contribution in [-0.2, 0) is 6.54 Å². The van der Waals surface area contributed by atoms with E-state index in [0.717, 1.165) is 49.1 Å². The summed E-state index contributed by atoms with van der Waals surface area (Å²) < 4.78 is 0. The second-order valence-corrected chi connectivity index (χ2v) is 11.0. The van der Waals surface area contributed by atoms with E-state index in [-0.39, 0.29) is 11.5 Å². The van der Waals surface area contributed by atoms with Gasteiger partial charge in [-0.25, -0.2) is 0 Å². The first-order chi connectivity index (χ1) is 14.4. The maximum atomic E-state index is 10.2. The molecule has 2 fully saturated rings. The molecule has 0 spiro atoms. The van der Waals surface area contributed by atoms with Crippen molar-refractivity contribution >= 4 is 11.4 Å².